The minimum Gasteiger partial charge on any atom is -0.438 e. The van der Waals surface area contributed by atoms with Gasteiger partial charge < -0.3 is 19.7 Å². The van der Waals surface area contributed by atoms with Gasteiger partial charge in [0.1, 0.15) is 11.4 Å². The van der Waals surface area contributed by atoms with E-state index in [1.807, 2.05) is 6.92 Å². The third kappa shape index (κ3) is 2.88. The van der Waals surface area contributed by atoms with Crippen molar-refractivity contribution in [3.8, 4) is 0 Å². The Kier molecular flexibility index (Phi) is 4.99. The van der Waals surface area contributed by atoms with Crippen LogP contribution in [0.3, 0.4) is 0 Å². The van der Waals surface area contributed by atoms with Gasteiger partial charge in [-0.2, -0.15) is 0 Å². The molecular weight excluding hydrogens is 400 g/mol. The van der Waals surface area contributed by atoms with Crippen LogP contribution in [0.25, 0.3) is 0 Å². The van der Waals surface area contributed by atoms with Crippen LogP contribution in [-0.2, 0) is 19.1 Å². The Morgan fingerprint density at radius 3 is 2.45 bits per heavy atom. The molecule has 0 spiro atoms. The van der Waals surface area contributed by atoms with E-state index < -0.39 is 28.7 Å². The number of carbonyl (C=O) groups is 3. The molecule has 0 unspecified atom stereocenters. The lowest BCUT2D eigenvalue weighted by atomic mass is 9.44. The third-order valence-electron chi connectivity index (χ3n) is 9.41. The highest BCUT2D eigenvalue weighted by Gasteiger charge is 2.71. The van der Waals surface area contributed by atoms with Gasteiger partial charge in [-0.05, 0) is 62.4 Å². The van der Waals surface area contributed by atoms with Crippen molar-refractivity contribution < 1.29 is 34.1 Å². The molecular formula is C24H34O7. The summed E-state index contributed by atoms with van der Waals surface area (Å²) in [6.45, 7) is 7.87. The van der Waals surface area contributed by atoms with Crippen molar-refractivity contribution >= 4 is 17.7 Å². The molecule has 172 valence electrons. The maximum Gasteiger partial charge on any atom is 0.508 e. The van der Waals surface area contributed by atoms with Crippen LogP contribution in [0.5, 0.6) is 0 Å². The third-order valence-corrected chi connectivity index (χ3v) is 9.41. The quantitative estimate of drug-likeness (QED) is 0.507. The number of hydrogen-bond acceptors (Lipinski definition) is 7. The lowest BCUT2D eigenvalue weighted by Gasteiger charge is -2.64. The van der Waals surface area contributed by atoms with Crippen molar-refractivity contribution in [3.63, 3.8) is 0 Å². The average Bonchev–Trinajstić information content (AvgIpc) is 2.93. The Balaban J connectivity index is 1.86. The van der Waals surface area contributed by atoms with Crippen LogP contribution in [0.1, 0.15) is 66.2 Å². The first-order valence-electron chi connectivity index (χ1n) is 11.3. The molecule has 31 heavy (non-hydrogen) atoms. The van der Waals surface area contributed by atoms with Gasteiger partial charge in [0.05, 0.1) is 7.11 Å². The molecule has 4 aliphatic rings. The van der Waals surface area contributed by atoms with Crippen molar-refractivity contribution in [2.24, 2.45) is 34.5 Å². The summed E-state index contributed by atoms with van der Waals surface area (Å²) in [5.74, 6) is -2.75. The molecule has 0 aromatic rings. The second-order valence-corrected chi connectivity index (χ2v) is 10.9. The number of hydrogen-bond donors (Lipinski definition) is 2. The Hall–Kier alpha value is -1.73. The van der Waals surface area contributed by atoms with Crippen LogP contribution in [0.15, 0.2) is 11.6 Å². The van der Waals surface area contributed by atoms with E-state index in [-0.39, 0.29) is 41.3 Å². The second kappa shape index (κ2) is 6.88. The highest BCUT2D eigenvalue weighted by atomic mass is 16.7. The molecule has 4 aliphatic carbocycles. The lowest BCUT2D eigenvalue weighted by molar-refractivity contribution is -0.239. The molecule has 0 saturated heterocycles. The number of aliphatic hydroxyl groups is 2. The molecule has 2 N–H and O–H groups in total. The minimum atomic E-state index is -2.50. The number of rotatable bonds is 2. The largest absolute Gasteiger partial charge is 0.508 e. The average molecular weight is 435 g/mol. The molecule has 3 saturated carbocycles. The molecule has 0 radical (unpaired) electrons. The standard InChI is InChI=1S/C24H34O7/c1-13-10-17-16-7-6-15-11-18(26)24(28,29)12-22(15,4)23(16,31-20(27)30-5)9-8-21(17,3)19(13)14(2)25/h11,13,16-17,19,28-29H,6-10,12H2,1-5H3/t13-,16-,17-,19+,21-,22-,23+/m0/s1. The summed E-state index contributed by atoms with van der Waals surface area (Å²) in [4.78, 5) is 37.3. The summed E-state index contributed by atoms with van der Waals surface area (Å²) in [7, 11) is 1.26. The van der Waals surface area contributed by atoms with Gasteiger partial charge in [0.25, 0.3) is 0 Å². The molecule has 7 nitrogen and oxygen atoms in total. The molecule has 0 heterocycles. The van der Waals surface area contributed by atoms with Crippen LogP contribution < -0.4 is 0 Å². The van der Waals surface area contributed by atoms with Crippen LogP contribution in [0.4, 0.5) is 4.79 Å². The maximum absolute atomic E-state index is 12.6. The number of carbonyl (C=O) groups excluding carboxylic acids is 3. The first-order chi connectivity index (χ1) is 14.3. The summed E-state index contributed by atoms with van der Waals surface area (Å²) in [6, 6.07) is 0. The summed E-state index contributed by atoms with van der Waals surface area (Å²) >= 11 is 0. The van der Waals surface area contributed by atoms with E-state index in [1.165, 1.54) is 13.2 Å². The van der Waals surface area contributed by atoms with Crippen molar-refractivity contribution in [2.45, 2.75) is 77.6 Å². The number of methoxy groups -OCH3 is 1. The summed E-state index contributed by atoms with van der Waals surface area (Å²) in [5, 5.41) is 21.0. The monoisotopic (exact) mass is 434 g/mol. The second-order valence-electron chi connectivity index (χ2n) is 10.9. The molecule has 3 fully saturated rings. The topological polar surface area (TPSA) is 110 Å². The highest BCUT2D eigenvalue weighted by molar-refractivity contribution is 5.97. The first-order valence-corrected chi connectivity index (χ1v) is 11.3. The molecule has 0 bridgehead atoms. The van der Waals surface area contributed by atoms with E-state index in [0.29, 0.717) is 25.7 Å². The molecule has 7 heteroatoms. The Bertz CT molecular complexity index is 860. The lowest BCUT2D eigenvalue weighted by Crippen LogP contribution is -2.67. The Morgan fingerprint density at radius 1 is 1.16 bits per heavy atom. The van der Waals surface area contributed by atoms with Gasteiger partial charge >= 0.3 is 6.16 Å². The molecule has 0 aliphatic heterocycles. The summed E-state index contributed by atoms with van der Waals surface area (Å²) in [5.41, 5.74) is -1.34. The van der Waals surface area contributed by atoms with Crippen molar-refractivity contribution in [1.82, 2.24) is 0 Å². The Labute approximate surface area is 183 Å². The van der Waals surface area contributed by atoms with Gasteiger partial charge in [0.15, 0.2) is 0 Å². The normalized spacial score (nSPS) is 45.6. The molecule has 7 atom stereocenters. The number of ketones is 2. The maximum atomic E-state index is 12.6. The fraction of sp³-hybridized carbons (Fsp3) is 0.792. The fourth-order valence-corrected chi connectivity index (χ4v) is 8.24. The van der Waals surface area contributed by atoms with Crippen molar-refractivity contribution in [1.29, 1.82) is 0 Å². The Morgan fingerprint density at radius 2 is 1.84 bits per heavy atom. The van der Waals surface area contributed by atoms with E-state index in [0.717, 1.165) is 12.0 Å². The zero-order valence-corrected chi connectivity index (χ0v) is 19.1. The predicted molar refractivity (Wildman–Crippen MR) is 111 cm³/mol. The summed E-state index contributed by atoms with van der Waals surface area (Å²) < 4.78 is 11.0. The molecule has 0 amide bonds. The zero-order valence-electron chi connectivity index (χ0n) is 19.1. The zero-order chi connectivity index (χ0) is 23.0. The van der Waals surface area contributed by atoms with E-state index >= 15 is 0 Å². The van der Waals surface area contributed by atoms with E-state index in [1.54, 1.807) is 6.92 Å². The van der Waals surface area contributed by atoms with Gasteiger partial charge in [-0.25, -0.2) is 4.79 Å². The summed E-state index contributed by atoms with van der Waals surface area (Å²) in [6.07, 6.45) is 3.67. The SMILES string of the molecule is COC(=O)O[C@]12CC[C@@]3(C)[C@@H](C[C@H](C)[C@@H]3C(C)=O)[C@@H]1CCC1=CC(=O)C(O)(O)C[C@@]12C. The number of ether oxygens (including phenoxy) is 2. The van der Waals surface area contributed by atoms with Crippen LogP contribution in [0, 0.1) is 34.5 Å². The van der Waals surface area contributed by atoms with Crippen molar-refractivity contribution in [2.75, 3.05) is 7.11 Å². The fourth-order valence-electron chi connectivity index (χ4n) is 8.24. The van der Waals surface area contributed by atoms with Gasteiger partial charge in [-0.1, -0.05) is 26.3 Å². The molecule has 0 aromatic carbocycles. The van der Waals surface area contributed by atoms with Gasteiger partial charge in [-0.15, -0.1) is 0 Å². The van der Waals surface area contributed by atoms with Crippen LogP contribution in [0.2, 0.25) is 0 Å². The molecule has 4 rings (SSSR count). The predicted octanol–water partition coefficient (Wildman–Crippen LogP) is 3.17. The van der Waals surface area contributed by atoms with E-state index in [4.69, 9.17) is 9.47 Å². The number of Topliss-reactive ketones (excluding diaryl/α,β-unsaturated/α-hetero) is 1. The van der Waals surface area contributed by atoms with Gasteiger partial charge in [0, 0.05) is 23.7 Å². The minimum absolute atomic E-state index is 0.0407. The smallest absolute Gasteiger partial charge is 0.438 e. The molecule has 0 aromatic heterocycles. The highest BCUT2D eigenvalue weighted by Crippen LogP contribution is 2.70. The first kappa shape index (κ1) is 22.5. The van der Waals surface area contributed by atoms with Crippen LogP contribution in [-0.4, -0.2) is 46.4 Å². The van der Waals surface area contributed by atoms with Crippen LogP contribution >= 0.6 is 0 Å². The van der Waals surface area contributed by atoms with Crippen molar-refractivity contribution in [3.05, 3.63) is 11.6 Å². The van der Waals surface area contributed by atoms with E-state index in [2.05, 4.69) is 13.8 Å². The van der Waals surface area contributed by atoms with E-state index in [9.17, 15) is 24.6 Å². The van der Waals surface area contributed by atoms with Gasteiger partial charge in [-0.3, -0.25) is 9.59 Å². The van der Waals surface area contributed by atoms with Gasteiger partial charge in [0.2, 0.25) is 11.6 Å². The number of fused-ring (bicyclic) bond motifs is 5.